The number of hydrogen-bond donors (Lipinski definition) is 1. The molecule has 0 radical (unpaired) electrons. The number of nitrogens with one attached hydrogen (secondary N) is 1. The second kappa shape index (κ2) is 9.46. The lowest BCUT2D eigenvalue weighted by atomic mass is 10.2. The third-order valence-electron chi connectivity index (χ3n) is 5.59. The monoisotopic (exact) mass is 414 g/mol. The number of carbonyl (C=O) groups is 1. The van der Waals surface area contributed by atoms with E-state index in [0.29, 0.717) is 29.5 Å². The van der Waals surface area contributed by atoms with E-state index in [1.807, 2.05) is 41.6 Å². The van der Waals surface area contributed by atoms with Crippen LogP contribution in [0.5, 0.6) is 5.75 Å². The lowest BCUT2D eigenvalue weighted by Crippen LogP contribution is -2.49. The summed E-state index contributed by atoms with van der Waals surface area (Å²) in [6, 6.07) is 9.44. The van der Waals surface area contributed by atoms with Crippen molar-refractivity contribution in [2.45, 2.75) is 38.3 Å². The molecule has 2 heterocycles. The number of benzene rings is 1. The molecule has 4 rings (SSSR count). The van der Waals surface area contributed by atoms with Gasteiger partial charge < -0.3 is 15.0 Å². The summed E-state index contributed by atoms with van der Waals surface area (Å²) in [4.78, 5) is 20.9. The molecule has 0 spiro atoms. The SMILES string of the molecule is O=C(Nc1ccc(OC2CCCC2)c(Cl)c1)N1CCN(Cc2ccncc2)CC1. The van der Waals surface area contributed by atoms with Crippen LogP contribution >= 0.6 is 11.6 Å². The van der Waals surface area contributed by atoms with Gasteiger partial charge in [-0.25, -0.2) is 4.79 Å². The lowest BCUT2D eigenvalue weighted by molar-refractivity contribution is 0.143. The number of pyridine rings is 1. The first-order valence-corrected chi connectivity index (χ1v) is 10.7. The molecule has 0 bridgehead atoms. The van der Waals surface area contributed by atoms with Crippen LogP contribution in [-0.4, -0.2) is 53.1 Å². The molecular weight excluding hydrogens is 388 g/mol. The number of amides is 2. The standard InChI is InChI=1S/C22H27ClN4O2/c23-20-15-18(5-6-21(20)29-19-3-1-2-4-19)25-22(28)27-13-11-26(12-14-27)16-17-7-9-24-10-8-17/h5-10,15,19H,1-4,11-14,16H2,(H,25,28). The zero-order chi connectivity index (χ0) is 20.1. The molecule has 2 aliphatic rings. The Kier molecular flexibility index (Phi) is 6.52. The van der Waals surface area contributed by atoms with E-state index < -0.39 is 0 Å². The van der Waals surface area contributed by atoms with Crippen molar-refractivity contribution in [2.75, 3.05) is 31.5 Å². The number of hydrogen-bond acceptors (Lipinski definition) is 4. The number of aromatic nitrogens is 1. The summed E-state index contributed by atoms with van der Waals surface area (Å²) in [6.07, 6.45) is 8.49. The highest BCUT2D eigenvalue weighted by Gasteiger charge is 2.22. The van der Waals surface area contributed by atoms with Gasteiger partial charge in [0.05, 0.1) is 11.1 Å². The third kappa shape index (κ3) is 5.40. The van der Waals surface area contributed by atoms with Crippen molar-refractivity contribution in [1.29, 1.82) is 0 Å². The van der Waals surface area contributed by atoms with Crippen molar-refractivity contribution in [3.63, 3.8) is 0 Å². The van der Waals surface area contributed by atoms with Gasteiger partial charge in [0.1, 0.15) is 5.75 Å². The Balaban J connectivity index is 1.26. The van der Waals surface area contributed by atoms with E-state index in [4.69, 9.17) is 16.3 Å². The first kappa shape index (κ1) is 20.0. The summed E-state index contributed by atoms with van der Waals surface area (Å²) in [6.45, 7) is 3.99. The van der Waals surface area contributed by atoms with Crippen LogP contribution < -0.4 is 10.1 Å². The Morgan fingerprint density at radius 1 is 1.10 bits per heavy atom. The largest absolute Gasteiger partial charge is 0.489 e. The number of urea groups is 1. The van der Waals surface area contributed by atoms with Crippen molar-refractivity contribution >= 4 is 23.3 Å². The molecule has 1 saturated carbocycles. The van der Waals surface area contributed by atoms with Gasteiger partial charge in [0.2, 0.25) is 0 Å². The van der Waals surface area contributed by atoms with Crippen molar-refractivity contribution in [2.24, 2.45) is 0 Å². The fourth-order valence-electron chi connectivity index (χ4n) is 3.92. The molecule has 2 amide bonds. The molecule has 0 atom stereocenters. The molecule has 1 aromatic carbocycles. The van der Waals surface area contributed by atoms with E-state index in [-0.39, 0.29) is 12.1 Å². The van der Waals surface area contributed by atoms with Crippen molar-refractivity contribution < 1.29 is 9.53 Å². The molecule has 154 valence electrons. The first-order chi connectivity index (χ1) is 14.2. The van der Waals surface area contributed by atoms with Crippen LogP contribution in [0, 0.1) is 0 Å². The van der Waals surface area contributed by atoms with Crippen LogP contribution in [0.4, 0.5) is 10.5 Å². The number of ether oxygens (including phenoxy) is 1. The van der Waals surface area contributed by atoms with Gasteiger partial charge >= 0.3 is 6.03 Å². The molecule has 2 fully saturated rings. The zero-order valence-electron chi connectivity index (χ0n) is 16.5. The van der Waals surface area contributed by atoms with Gasteiger partial charge in [0.25, 0.3) is 0 Å². The molecule has 2 aromatic rings. The Hall–Kier alpha value is -2.31. The van der Waals surface area contributed by atoms with Crippen molar-refractivity contribution in [3.05, 3.63) is 53.3 Å². The molecule has 1 saturated heterocycles. The highest BCUT2D eigenvalue weighted by atomic mass is 35.5. The van der Waals surface area contributed by atoms with Gasteiger partial charge in [-0.3, -0.25) is 9.88 Å². The normalized spacial score (nSPS) is 18.0. The Labute approximate surface area is 176 Å². The van der Waals surface area contributed by atoms with Crippen LogP contribution in [0.2, 0.25) is 5.02 Å². The van der Waals surface area contributed by atoms with E-state index in [0.717, 1.165) is 32.5 Å². The van der Waals surface area contributed by atoms with Crippen LogP contribution in [0.15, 0.2) is 42.7 Å². The minimum absolute atomic E-state index is 0.0888. The zero-order valence-corrected chi connectivity index (χ0v) is 17.3. The smallest absolute Gasteiger partial charge is 0.321 e. The topological polar surface area (TPSA) is 57.7 Å². The summed E-state index contributed by atoms with van der Waals surface area (Å²) in [7, 11) is 0. The average Bonchev–Trinajstić information content (AvgIpc) is 3.24. The van der Waals surface area contributed by atoms with Crippen LogP contribution in [0.3, 0.4) is 0 Å². The van der Waals surface area contributed by atoms with Gasteiger partial charge in [-0.1, -0.05) is 11.6 Å². The molecule has 7 heteroatoms. The van der Waals surface area contributed by atoms with E-state index in [2.05, 4.69) is 15.2 Å². The molecule has 1 aliphatic heterocycles. The molecule has 1 aromatic heterocycles. The maximum Gasteiger partial charge on any atom is 0.321 e. The Morgan fingerprint density at radius 2 is 1.83 bits per heavy atom. The minimum Gasteiger partial charge on any atom is -0.489 e. The van der Waals surface area contributed by atoms with Crippen LogP contribution in [0.1, 0.15) is 31.2 Å². The Morgan fingerprint density at radius 3 is 2.52 bits per heavy atom. The molecule has 6 nitrogen and oxygen atoms in total. The maximum atomic E-state index is 12.6. The number of halogens is 1. The first-order valence-electron chi connectivity index (χ1n) is 10.3. The summed E-state index contributed by atoms with van der Waals surface area (Å²) < 4.78 is 5.98. The summed E-state index contributed by atoms with van der Waals surface area (Å²) in [5, 5.41) is 3.50. The second-order valence-electron chi connectivity index (χ2n) is 7.72. The Bertz CT molecular complexity index is 819. The highest BCUT2D eigenvalue weighted by molar-refractivity contribution is 6.32. The van der Waals surface area contributed by atoms with Crippen molar-refractivity contribution in [3.8, 4) is 5.75 Å². The number of carbonyl (C=O) groups excluding carboxylic acids is 1. The van der Waals surface area contributed by atoms with Gasteiger partial charge in [0.15, 0.2) is 0 Å². The molecule has 0 unspecified atom stereocenters. The van der Waals surface area contributed by atoms with Crippen LogP contribution in [-0.2, 0) is 6.54 Å². The maximum absolute atomic E-state index is 12.6. The number of piperazine rings is 1. The van der Waals surface area contributed by atoms with Gasteiger partial charge in [-0.15, -0.1) is 0 Å². The number of rotatable bonds is 5. The summed E-state index contributed by atoms with van der Waals surface area (Å²) in [5.74, 6) is 0.696. The second-order valence-corrected chi connectivity index (χ2v) is 8.13. The summed E-state index contributed by atoms with van der Waals surface area (Å²) >= 11 is 6.37. The minimum atomic E-state index is -0.0888. The van der Waals surface area contributed by atoms with Gasteiger partial charge in [-0.05, 0) is 61.6 Å². The predicted molar refractivity (Wildman–Crippen MR) is 114 cm³/mol. The molecule has 1 aliphatic carbocycles. The number of nitrogens with zero attached hydrogens (tertiary/aromatic N) is 3. The summed E-state index contributed by atoms with van der Waals surface area (Å²) in [5.41, 5.74) is 1.94. The van der Waals surface area contributed by atoms with E-state index in [1.54, 1.807) is 6.07 Å². The van der Waals surface area contributed by atoms with Crippen LogP contribution in [0.25, 0.3) is 0 Å². The van der Waals surface area contributed by atoms with E-state index in [1.165, 1.54) is 18.4 Å². The van der Waals surface area contributed by atoms with Crippen molar-refractivity contribution in [1.82, 2.24) is 14.8 Å². The predicted octanol–water partition coefficient (Wildman–Crippen LogP) is 4.41. The third-order valence-corrected chi connectivity index (χ3v) is 5.89. The fourth-order valence-corrected chi connectivity index (χ4v) is 4.14. The van der Waals surface area contributed by atoms with Gasteiger partial charge in [-0.2, -0.15) is 0 Å². The molecule has 1 N–H and O–H groups in total. The fraction of sp³-hybridized carbons (Fsp3) is 0.455. The molecular formula is C22H27ClN4O2. The lowest BCUT2D eigenvalue weighted by Gasteiger charge is -2.34. The quantitative estimate of drug-likeness (QED) is 0.787. The molecule has 29 heavy (non-hydrogen) atoms. The number of anilines is 1. The highest BCUT2D eigenvalue weighted by Crippen LogP contribution is 2.31. The van der Waals surface area contributed by atoms with E-state index >= 15 is 0 Å². The van der Waals surface area contributed by atoms with E-state index in [9.17, 15) is 4.79 Å². The van der Waals surface area contributed by atoms with Gasteiger partial charge in [0, 0.05) is 50.8 Å². The average molecular weight is 415 g/mol.